The lowest BCUT2D eigenvalue weighted by Gasteiger charge is -2.08. The van der Waals surface area contributed by atoms with E-state index in [4.69, 9.17) is 12.2 Å². The Kier molecular flexibility index (Phi) is 3.47. The summed E-state index contributed by atoms with van der Waals surface area (Å²) in [5.74, 6) is -0.0776. The Morgan fingerprint density at radius 3 is 2.67 bits per heavy atom. The third-order valence-electron chi connectivity index (χ3n) is 3.02. The maximum Gasteiger partial charge on any atom is 0.276 e. The third-order valence-corrected chi connectivity index (χ3v) is 3.34. The van der Waals surface area contributed by atoms with Gasteiger partial charge in [0.15, 0.2) is 5.11 Å². The molecule has 1 aromatic rings. The van der Waals surface area contributed by atoms with Crippen LogP contribution in [0.1, 0.15) is 25.1 Å². The van der Waals surface area contributed by atoms with Crippen LogP contribution in [0.5, 0.6) is 0 Å². The fourth-order valence-corrected chi connectivity index (χ4v) is 2.26. The molecule has 96 valence electrons. The van der Waals surface area contributed by atoms with Crippen LogP contribution in [0.3, 0.4) is 0 Å². The third kappa shape index (κ3) is 2.03. The molecule has 0 radical (unpaired) electrons. The molecule has 1 amide bonds. The molecular formula is C12H16N4OS. The zero-order valence-corrected chi connectivity index (χ0v) is 11.5. The number of carbonyl (C=O) groups excluding carboxylic acids is 1. The first kappa shape index (κ1) is 12.8. The molecule has 5 nitrogen and oxygen atoms in total. The van der Waals surface area contributed by atoms with E-state index in [0.717, 1.165) is 17.8 Å². The van der Waals surface area contributed by atoms with Crippen molar-refractivity contribution in [3.05, 3.63) is 23.2 Å². The summed E-state index contributed by atoms with van der Waals surface area (Å²) in [6.45, 7) is 7.31. The lowest BCUT2D eigenvalue weighted by molar-refractivity contribution is -0.122. The zero-order valence-electron chi connectivity index (χ0n) is 10.7. The Bertz CT molecular complexity index is 532. The van der Waals surface area contributed by atoms with Gasteiger partial charge in [-0.2, -0.15) is 5.10 Å². The van der Waals surface area contributed by atoms with Crippen LogP contribution in [0.25, 0.3) is 6.08 Å². The molecule has 0 bridgehead atoms. The Labute approximate surface area is 111 Å². The lowest BCUT2D eigenvalue weighted by atomic mass is 10.2. The highest BCUT2D eigenvalue weighted by atomic mass is 32.1. The molecular weight excluding hydrogens is 248 g/mol. The van der Waals surface area contributed by atoms with Crippen LogP contribution in [-0.4, -0.2) is 32.2 Å². The number of thiocarbonyl (C=S) groups is 1. The number of hydrogen-bond donors (Lipinski definition) is 1. The normalized spacial score (nSPS) is 17.7. The molecule has 0 aromatic carbocycles. The van der Waals surface area contributed by atoms with Crippen LogP contribution >= 0.6 is 12.2 Å². The number of amides is 1. The van der Waals surface area contributed by atoms with E-state index in [2.05, 4.69) is 10.4 Å². The van der Waals surface area contributed by atoms with Crippen LogP contribution in [0.15, 0.2) is 11.9 Å². The minimum atomic E-state index is -0.0776. The molecule has 1 aliphatic heterocycles. The summed E-state index contributed by atoms with van der Waals surface area (Å²) in [4.78, 5) is 13.6. The maximum absolute atomic E-state index is 12.0. The molecule has 2 rings (SSSR count). The Morgan fingerprint density at radius 2 is 2.17 bits per heavy atom. The minimum absolute atomic E-state index is 0.0776. The highest BCUT2D eigenvalue weighted by Gasteiger charge is 2.29. The van der Waals surface area contributed by atoms with Crippen LogP contribution in [0.2, 0.25) is 0 Å². The molecule has 6 heteroatoms. The highest BCUT2D eigenvalue weighted by molar-refractivity contribution is 7.80. The topological polar surface area (TPSA) is 50.2 Å². The van der Waals surface area contributed by atoms with Gasteiger partial charge >= 0.3 is 0 Å². The summed E-state index contributed by atoms with van der Waals surface area (Å²) in [5.41, 5.74) is 2.49. The summed E-state index contributed by atoms with van der Waals surface area (Å²) < 4.78 is 1.89. The number of likely N-dealkylation sites (N-methyl/N-ethyl adjacent to an activating group) is 1. The van der Waals surface area contributed by atoms with E-state index in [1.165, 1.54) is 0 Å². The van der Waals surface area contributed by atoms with Gasteiger partial charge in [-0.15, -0.1) is 0 Å². The summed E-state index contributed by atoms with van der Waals surface area (Å²) in [6.07, 6.45) is 3.57. The van der Waals surface area contributed by atoms with Crippen molar-refractivity contribution in [2.24, 2.45) is 0 Å². The SMILES string of the molecule is CCN1C(=O)C(=Cc2cnn(CC)c2C)NC1=S. The second-order valence-corrected chi connectivity index (χ2v) is 4.43. The van der Waals surface area contributed by atoms with Crippen molar-refractivity contribution < 1.29 is 4.79 Å². The van der Waals surface area contributed by atoms with Gasteiger partial charge < -0.3 is 5.32 Å². The highest BCUT2D eigenvalue weighted by Crippen LogP contribution is 2.16. The standard InChI is InChI=1S/C12H16N4OS/c1-4-15-11(17)10(14-12(15)18)6-9-7-13-16(5-2)8(9)3/h6-7H,4-5H2,1-3H3,(H,14,18). The van der Waals surface area contributed by atoms with Crippen molar-refractivity contribution in [1.29, 1.82) is 0 Å². The molecule has 1 fully saturated rings. The van der Waals surface area contributed by atoms with Crippen LogP contribution in [-0.2, 0) is 11.3 Å². The summed E-state index contributed by atoms with van der Waals surface area (Å²) in [7, 11) is 0. The van der Waals surface area contributed by atoms with Crippen LogP contribution in [0.4, 0.5) is 0 Å². The quantitative estimate of drug-likeness (QED) is 0.660. The molecule has 1 N–H and O–H groups in total. The lowest BCUT2D eigenvalue weighted by Crippen LogP contribution is -2.30. The number of rotatable bonds is 3. The smallest absolute Gasteiger partial charge is 0.276 e. The summed E-state index contributed by atoms with van der Waals surface area (Å²) in [6, 6.07) is 0. The van der Waals surface area contributed by atoms with E-state index < -0.39 is 0 Å². The molecule has 1 saturated heterocycles. The van der Waals surface area contributed by atoms with Gasteiger partial charge in [-0.1, -0.05) is 0 Å². The van der Waals surface area contributed by atoms with Crippen molar-refractivity contribution in [3.8, 4) is 0 Å². The van der Waals surface area contributed by atoms with Gasteiger partial charge in [0.05, 0.1) is 6.20 Å². The molecule has 0 atom stereocenters. The fourth-order valence-electron chi connectivity index (χ4n) is 1.94. The predicted molar refractivity (Wildman–Crippen MR) is 73.7 cm³/mol. The molecule has 0 spiro atoms. The van der Waals surface area contributed by atoms with Gasteiger partial charge in [-0.05, 0) is 39.1 Å². The predicted octanol–water partition coefficient (Wildman–Crippen LogP) is 1.29. The molecule has 1 aliphatic rings. The molecule has 0 unspecified atom stereocenters. The van der Waals surface area contributed by atoms with Crippen molar-refractivity contribution in [2.75, 3.05) is 6.54 Å². The van der Waals surface area contributed by atoms with Gasteiger partial charge in [-0.3, -0.25) is 14.4 Å². The van der Waals surface area contributed by atoms with Gasteiger partial charge in [0.1, 0.15) is 5.70 Å². The van der Waals surface area contributed by atoms with E-state index in [-0.39, 0.29) is 5.91 Å². The summed E-state index contributed by atoms with van der Waals surface area (Å²) >= 11 is 5.10. The van der Waals surface area contributed by atoms with E-state index in [0.29, 0.717) is 17.4 Å². The Balaban J connectivity index is 2.32. The monoisotopic (exact) mass is 264 g/mol. The van der Waals surface area contributed by atoms with Crippen LogP contribution in [0, 0.1) is 6.92 Å². The first-order chi connectivity index (χ1) is 8.58. The first-order valence-corrected chi connectivity index (χ1v) is 6.36. The number of hydrogen-bond acceptors (Lipinski definition) is 3. The largest absolute Gasteiger partial charge is 0.328 e. The van der Waals surface area contributed by atoms with Crippen molar-refractivity contribution in [1.82, 2.24) is 20.0 Å². The van der Waals surface area contributed by atoms with Gasteiger partial charge in [0.2, 0.25) is 0 Å². The van der Waals surface area contributed by atoms with Gasteiger partial charge in [-0.25, -0.2) is 0 Å². The van der Waals surface area contributed by atoms with E-state index in [1.807, 2.05) is 25.5 Å². The second kappa shape index (κ2) is 4.89. The molecule has 2 heterocycles. The fraction of sp³-hybridized carbons (Fsp3) is 0.417. The van der Waals surface area contributed by atoms with Crippen molar-refractivity contribution >= 4 is 29.3 Å². The minimum Gasteiger partial charge on any atom is -0.328 e. The summed E-state index contributed by atoms with van der Waals surface area (Å²) in [5, 5.41) is 7.65. The number of carbonyl (C=O) groups is 1. The maximum atomic E-state index is 12.0. The first-order valence-electron chi connectivity index (χ1n) is 5.95. The molecule has 0 saturated carbocycles. The Morgan fingerprint density at radius 1 is 1.44 bits per heavy atom. The number of aromatic nitrogens is 2. The van der Waals surface area contributed by atoms with E-state index >= 15 is 0 Å². The van der Waals surface area contributed by atoms with Gasteiger partial charge in [0, 0.05) is 24.3 Å². The second-order valence-electron chi connectivity index (χ2n) is 4.04. The molecule has 18 heavy (non-hydrogen) atoms. The average Bonchev–Trinajstić information content (AvgIpc) is 2.82. The van der Waals surface area contributed by atoms with E-state index in [1.54, 1.807) is 17.2 Å². The van der Waals surface area contributed by atoms with Crippen LogP contribution < -0.4 is 5.32 Å². The molecule has 0 aliphatic carbocycles. The van der Waals surface area contributed by atoms with Crippen molar-refractivity contribution in [3.63, 3.8) is 0 Å². The number of nitrogens with one attached hydrogen (secondary N) is 1. The average molecular weight is 264 g/mol. The molecule has 1 aromatic heterocycles. The van der Waals surface area contributed by atoms with Gasteiger partial charge in [0.25, 0.3) is 5.91 Å². The van der Waals surface area contributed by atoms with Crippen molar-refractivity contribution in [2.45, 2.75) is 27.3 Å². The number of nitrogens with zero attached hydrogens (tertiary/aromatic N) is 3. The van der Waals surface area contributed by atoms with E-state index in [9.17, 15) is 4.79 Å². The Hall–Kier alpha value is -1.69. The zero-order chi connectivity index (χ0) is 13.3. The number of aryl methyl sites for hydroxylation is 1.